The van der Waals surface area contributed by atoms with Crippen LogP contribution in [-0.2, 0) is 17.7 Å². The van der Waals surface area contributed by atoms with Crippen molar-refractivity contribution in [3.8, 4) is 11.5 Å². The van der Waals surface area contributed by atoms with Crippen LogP contribution in [0, 0.1) is 23.3 Å². The second-order valence-electron chi connectivity index (χ2n) is 10.9. The van der Waals surface area contributed by atoms with Crippen LogP contribution in [0.2, 0.25) is 19.6 Å². The van der Waals surface area contributed by atoms with Gasteiger partial charge in [-0.05, 0) is 70.0 Å². The van der Waals surface area contributed by atoms with Crippen molar-refractivity contribution < 1.29 is 9.53 Å². The zero-order valence-electron chi connectivity index (χ0n) is 19.6. The van der Waals surface area contributed by atoms with Gasteiger partial charge in [-0.3, -0.25) is 4.57 Å². The average molecular weight is 427 g/mol. The molecule has 1 N–H and O–H groups in total. The van der Waals surface area contributed by atoms with Gasteiger partial charge in [-0.25, -0.2) is 4.79 Å². The molecule has 0 bridgehead atoms. The molecule has 1 unspecified atom stereocenters. The fraction of sp³-hybridized carbons (Fsp3) is 0.640. The van der Waals surface area contributed by atoms with Crippen molar-refractivity contribution in [2.45, 2.75) is 84.7 Å². The van der Waals surface area contributed by atoms with Crippen LogP contribution in [0.3, 0.4) is 0 Å². The number of ether oxygens (including phenoxy) is 1. The van der Waals surface area contributed by atoms with Crippen LogP contribution in [0.25, 0.3) is 6.08 Å². The molecule has 2 aliphatic rings. The number of aromatic nitrogens is 1. The molecule has 0 spiro atoms. The van der Waals surface area contributed by atoms with Gasteiger partial charge in [0.25, 0.3) is 0 Å². The number of carbonyl (C=O) groups excluding carboxylic acids is 1. The molecule has 0 radical (unpaired) electrons. The lowest BCUT2D eigenvalue weighted by Gasteiger charge is -2.26. The Morgan fingerprint density at radius 3 is 2.63 bits per heavy atom. The van der Waals surface area contributed by atoms with Gasteiger partial charge in [0.05, 0.1) is 0 Å². The Labute approximate surface area is 183 Å². The Kier molecular flexibility index (Phi) is 6.99. The highest BCUT2D eigenvalue weighted by Crippen LogP contribution is 2.30. The zero-order valence-corrected chi connectivity index (χ0v) is 20.6. The highest BCUT2D eigenvalue weighted by molar-refractivity contribution is 6.83. The first kappa shape index (κ1) is 22.9. The van der Waals surface area contributed by atoms with Crippen molar-refractivity contribution in [3.63, 3.8) is 0 Å². The summed E-state index contributed by atoms with van der Waals surface area (Å²) in [4.78, 5) is 13.1. The smallest absolute Gasteiger partial charge is 0.419 e. The number of nitrogens with one attached hydrogen (secondary N) is 1. The molecule has 3 rings (SSSR count). The van der Waals surface area contributed by atoms with Gasteiger partial charge in [0.2, 0.25) is 0 Å². The van der Waals surface area contributed by atoms with Gasteiger partial charge in [-0.15, -0.1) is 11.5 Å². The number of rotatable bonds is 5. The van der Waals surface area contributed by atoms with Crippen LogP contribution in [0.1, 0.15) is 63.4 Å². The molecule has 0 aromatic carbocycles. The van der Waals surface area contributed by atoms with E-state index in [-0.39, 0.29) is 6.09 Å². The van der Waals surface area contributed by atoms with Crippen molar-refractivity contribution in [1.82, 2.24) is 9.88 Å². The summed E-state index contributed by atoms with van der Waals surface area (Å²) in [6, 6.07) is 2.15. The van der Waals surface area contributed by atoms with E-state index in [1.807, 2.05) is 25.3 Å². The van der Waals surface area contributed by atoms with E-state index in [0.29, 0.717) is 12.5 Å². The molecule has 0 saturated heterocycles. The topological polar surface area (TPSA) is 43.3 Å². The highest BCUT2D eigenvalue weighted by atomic mass is 28.3. The third kappa shape index (κ3) is 6.36. The molecule has 1 heterocycles. The largest absolute Gasteiger partial charge is 0.443 e. The molecule has 1 fully saturated rings. The quantitative estimate of drug-likeness (QED) is 0.491. The third-order valence-electron chi connectivity index (χ3n) is 5.58. The van der Waals surface area contributed by atoms with E-state index in [2.05, 4.69) is 54.6 Å². The summed E-state index contributed by atoms with van der Waals surface area (Å²) in [6.45, 7) is 14.3. The number of hydrogen-bond donors (Lipinski definition) is 1. The highest BCUT2D eigenvalue weighted by Gasteiger charge is 2.27. The Morgan fingerprint density at radius 2 is 2.03 bits per heavy atom. The fourth-order valence-electron chi connectivity index (χ4n) is 3.89. The monoisotopic (exact) mass is 426 g/mol. The van der Waals surface area contributed by atoms with Crippen molar-refractivity contribution >= 4 is 20.2 Å². The van der Waals surface area contributed by atoms with E-state index in [4.69, 9.17) is 4.74 Å². The summed E-state index contributed by atoms with van der Waals surface area (Å²) < 4.78 is 7.58. The Hall–Kier alpha value is -1.77. The Balaban J connectivity index is 1.78. The maximum Gasteiger partial charge on any atom is 0.419 e. The lowest BCUT2D eigenvalue weighted by atomic mass is 9.85. The van der Waals surface area contributed by atoms with E-state index >= 15 is 0 Å². The SMILES string of the molecule is CC(C)(C)OC(=O)n1c(CNCC2CCC2)cc2c1CC(CC#C[Si](C)(C)C)C=C2. The lowest BCUT2D eigenvalue weighted by molar-refractivity contribution is 0.0527. The average Bonchev–Trinajstić information content (AvgIpc) is 2.92. The van der Waals surface area contributed by atoms with Crippen molar-refractivity contribution in [2.75, 3.05) is 6.54 Å². The minimum atomic E-state index is -1.36. The summed E-state index contributed by atoms with van der Waals surface area (Å²) in [5.41, 5.74) is 6.14. The zero-order chi connectivity index (χ0) is 21.9. The van der Waals surface area contributed by atoms with Gasteiger partial charge in [-0.2, -0.15) is 0 Å². The van der Waals surface area contributed by atoms with Crippen LogP contribution in [-0.4, -0.2) is 30.9 Å². The number of hydrogen-bond acceptors (Lipinski definition) is 3. The molecule has 1 saturated carbocycles. The summed E-state index contributed by atoms with van der Waals surface area (Å²) in [7, 11) is -1.36. The molecule has 4 nitrogen and oxygen atoms in total. The molecule has 1 aromatic rings. The van der Waals surface area contributed by atoms with E-state index < -0.39 is 13.7 Å². The van der Waals surface area contributed by atoms with Crippen LogP contribution < -0.4 is 5.32 Å². The first-order valence-corrected chi connectivity index (χ1v) is 14.9. The van der Waals surface area contributed by atoms with Gasteiger partial charge >= 0.3 is 6.09 Å². The van der Waals surface area contributed by atoms with Crippen LogP contribution in [0.15, 0.2) is 12.1 Å². The summed E-state index contributed by atoms with van der Waals surface area (Å²) >= 11 is 0. The summed E-state index contributed by atoms with van der Waals surface area (Å²) in [5, 5.41) is 3.56. The second-order valence-corrected chi connectivity index (χ2v) is 15.6. The van der Waals surface area contributed by atoms with Gasteiger partial charge in [0.15, 0.2) is 0 Å². The normalized spacial score (nSPS) is 18.9. The summed E-state index contributed by atoms with van der Waals surface area (Å²) in [6.07, 6.45) is 9.80. The predicted octanol–water partition coefficient (Wildman–Crippen LogP) is 5.62. The van der Waals surface area contributed by atoms with Gasteiger partial charge in [0.1, 0.15) is 13.7 Å². The van der Waals surface area contributed by atoms with Crippen LogP contribution in [0.5, 0.6) is 0 Å². The van der Waals surface area contributed by atoms with Gasteiger partial charge in [-0.1, -0.05) is 38.2 Å². The maximum absolute atomic E-state index is 13.1. The minimum absolute atomic E-state index is 0.272. The molecular formula is C25H38N2O2Si. The van der Waals surface area contributed by atoms with E-state index in [0.717, 1.165) is 42.3 Å². The Bertz CT molecular complexity index is 855. The van der Waals surface area contributed by atoms with Crippen molar-refractivity contribution in [2.24, 2.45) is 11.8 Å². The van der Waals surface area contributed by atoms with Crippen LogP contribution in [0.4, 0.5) is 4.79 Å². The van der Waals surface area contributed by atoms with E-state index in [9.17, 15) is 4.79 Å². The standard InChI is InChI=1S/C25H38N2O2Si/c1-25(2,3)29-24(28)27-22(18-26-17-20-9-7-10-20)16-21-13-12-19(15-23(21)27)11-8-14-30(4,5)6/h12-13,16,19-20,26H,7,9-11,15,17-18H2,1-6H3. The summed E-state index contributed by atoms with van der Waals surface area (Å²) in [5.74, 6) is 4.53. The maximum atomic E-state index is 13.1. The van der Waals surface area contributed by atoms with E-state index in [1.165, 1.54) is 19.3 Å². The molecule has 5 heteroatoms. The molecule has 1 atom stereocenters. The number of carbonyl (C=O) groups is 1. The number of allylic oxidation sites excluding steroid dienone is 1. The van der Waals surface area contributed by atoms with Crippen molar-refractivity contribution in [3.05, 3.63) is 29.1 Å². The number of fused-ring (bicyclic) bond motifs is 1. The first-order chi connectivity index (χ1) is 14.0. The molecule has 164 valence electrons. The molecule has 2 aliphatic carbocycles. The molecule has 0 amide bonds. The second kappa shape index (κ2) is 9.16. The van der Waals surface area contributed by atoms with Crippen LogP contribution >= 0.6 is 0 Å². The van der Waals surface area contributed by atoms with Crippen molar-refractivity contribution in [1.29, 1.82) is 0 Å². The minimum Gasteiger partial charge on any atom is -0.443 e. The predicted molar refractivity (Wildman–Crippen MR) is 127 cm³/mol. The third-order valence-corrected chi connectivity index (χ3v) is 6.51. The molecule has 0 aliphatic heterocycles. The lowest BCUT2D eigenvalue weighted by Crippen LogP contribution is -2.32. The molecule has 30 heavy (non-hydrogen) atoms. The van der Waals surface area contributed by atoms with Gasteiger partial charge in [0, 0.05) is 24.4 Å². The van der Waals surface area contributed by atoms with E-state index in [1.54, 1.807) is 0 Å². The number of nitrogens with zero attached hydrogens (tertiary/aromatic N) is 1. The fourth-order valence-corrected chi connectivity index (χ4v) is 4.53. The first-order valence-electron chi connectivity index (χ1n) is 11.4. The Morgan fingerprint density at radius 1 is 1.30 bits per heavy atom. The molecule has 1 aromatic heterocycles. The molecular weight excluding hydrogens is 388 g/mol. The van der Waals surface area contributed by atoms with Gasteiger partial charge < -0.3 is 10.1 Å².